The highest BCUT2D eigenvalue weighted by molar-refractivity contribution is 5.28. The molecule has 0 aromatic carbocycles. The molecule has 7 nitrogen and oxygen atoms in total. The Kier molecular flexibility index (Phi) is 2.57. The molecule has 0 saturated carbocycles. The van der Waals surface area contributed by atoms with Crippen molar-refractivity contribution in [1.82, 2.24) is 5.27 Å². The third kappa shape index (κ3) is 1.81. The first-order valence-electron chi connectivity index (χ1n) is 4.57. The second-order valence-electron chi connectivity index (χ2n) is 3.16. The molecule has 1 saturated heterocycles. The summed E-state index contributed by atoms with van der Waals surface area (Å²) in [4.78, 5) is 11.4. The lowest BCUT2D eigenvalue weighted by Crippen LogP contribution is -2.60. The van der Waals surface area contributed by atoms with Crippen LogP contribution in [0.3, 0.4) is 0 Å². The normalized spacial score (nSPS) is 16.7. The van der Waals surface area contributed by atoms with Gasteiger partial charge >= 0.3 is 0 Å². The van der Waals surface area contributed by atoms with Crippen LogP contribution in [0.25, 0.3) is 5.43 Å². The molecule has 0 unspecified atom stereocenters. The highest BCUT2D eigenvalue weighted by atomic mass is 16.5. The van der Waals surface area contributed by atoms with Crippen molar-refractivity contribution in [1.29, 1.82) is 0 Å². The third-order valence-electron chi connectivity index (χ3n) is 2.21. The van der Waals surface area contributed by atoms with Crippen LogP contribution in [0, 0.1) is 4.91 Å². The number of nitroso groups, excluding NO2 is 1. The zero-order chi connectivity index (χ0) is 9.80. The number of nitrogens with zero attached hydrogens (tertiary/aromatic N) is 5. The van der Waals surface area contributed by atoms with E-state index in [1.54, 1.807) is 11.0 Å². The van der Waals surface area contributed by atoms with Gasteiger partial charge in [-0.3, -0.25) is 0 Å². The summed E-state index contributed by atoms with van der Waals surface area (Å²) in [5.74, 6) is 0.130. The van der Waals surface area contributed by atoms with E-state index < -0.39 is 0 Å². The second-order valence-corrected chi connectivity index (χ2v) is 3.16. The van der Waals surface area contributed by atoms with Crippen molar-refractivity contribution in [2.75, 3.05) is 18.1 Å². The van der Waals surface area contributed by atoms with E-state index >= 15 is 0 Å². The monoisotopic (exact) mass is 197 g/mol. The van der Waals surface area contributed by atoms with Gasteiger partial charge in [0, 0.05) is 0 Å². The summed E-state index contributed by atoms with van der Waals surface area (Å²) in [7, 11) is 0. The molecular formula is C7H11N5O2. The molecule has 0 aliphatic carbocycles. The second kappa shape index (κ2) is 4.03. The molecule has 2 heterocycles. The molecular weight excluding hydrogens is 186 g/mol. The average molecular weight is 197 g/mol. The first kappa shape index (κ1) is 8.92. The molecule has 1 fully saturated rings. The van der Waals surface area contributed by atoms with E-state index in [0.717, 1.165) is 25.9 Å². The van der Waals surface area contributed by atoms with Gasteiger partial charge in [0.25, 0.3) is 6.20 Å². The van der Waals surface area contributed by atoms with E-state index in [1.807, 2.05) is 5.01 Å². The van der Waals surface area contributed by atoms with Crippen LogP contribution in [0.4, 0.5) is 5.88 Å². The zero-order valence-electron chi connectivity index (χ0n) is 7.67. The Balaban J connectivity index is 2.03. The van der Waals surface area contributed by atoms with Crippen LogP contribution in [0.5, 0.6) is 0 Å². The van der Waals surface area contributed by atoms with Gasteiger partial charge in [0.2, 0.25) is 5.27 Å². The van der Waals surface area contributed by atoms with E-state index in [0.29, 0.717) is 0 Å². The Morgan fingerprint density at radius 2 is 2.29 bits per heavy atom. The van der Waals surface area contributed by atoms with E-state index in [1.165, 1.54) is 6.42 Å². The van der Waals surface area contributed by atoms with Gasteiger partial charge in [0.05, 0.1) is 17.9 Å². The molecule has 0 atom stereocenters. The largest absolute Gasteiger partial charge is 0.498 e. The van der Waals surface area contributed by atoms with Gasteiger partial charge in [-0.25, -0.2) is 0 Å². The van der Waals surface area contributed by atoms with Crippen LogP contribution in [-0.4, -0.2) is 18.4 Å². The fourth-order valence-electron chi connectivity index (χ4n) is 1.53. The van der Waals surface area contributed by atoms with Gasteiger partial charge in [0.15, 0.2) is 0 Å². The first-order chi connectivity index (χ1) is 6.90. The van der Waals surface area contributed by atoms with Crippen molar-refractivity contribution in [2.24, 2.45) is 5.29 Å². The van der Waals surface area contributed by atoms with E-state index in [2.05, 4.69) is 16.0 Å². The molecule has 1 aromatic rings. The molecule has 14 heavy (non-hydrogen) atoms. The van der Waals surface area contributed by atoms with Crippen molar-refractivity contribution in [3.8, 4) is 0 Å². The van der Waals surface area contributed by atoms with Crippen molar-refractivity contribution >= 4 is 5.88 Å². The average Bonchev–Trinajstić information content (AvgIpc) is 2.68. The third-order valence-corrected chi connectivity index (χ3v) is 2.21. The van der Waals surface area contributed by atoms with E-state index in [4.69, 9.17) is 4.52 Å². The first-order valence-corrected chi connectivity index (χ1v) is 4.57. The standard InChI is InChI=1S/C7H11N5O2/c13-9-8-7-6-12(10-14-7)11-4-2-1-3-5-11/h6H,1-5H2. The zero-order valence-corrected chi connectivity index (χ0v) is 7.67. The summed E-state index contributed by atoms with van der Waals surface area (Å²) < 4.78 is 4.77. The van der Waals surface area contributed by atoms with Gasteiger partial charge in [0.1, 0.15) is 5.88 Å². The summed E-state index contributed by atoms with van der Waals surface area (Å²) in [6.45, 7) is 1.90. The number of rotatable bonds is 3. The topological polar surface area (TPSA) is 76.7 Å². The van der Waals surface area contributed by atoms with Crippen molar-refractivity contribution < 1.29 is 9.31 Å². The highest BCUT2D eigenvalue weighted by Gasteiger charge is 2.20. The molecule has 1 aliphatic rings. The van der Waals surface area contributed by atoms with Gasteiger partial charge in [-0.1, -0.05) is 0 Å². The lowest BCUT2D eigenvalue weighted by Gasteiger charge is -2.18. The molecule has 0 bridgehead atoms. The van der Waals surface area contributed by atoms with Crippen LogP contribution in [-0.2, 0) is 0 Å². The maximum Gasteiger partial charge on any atom is 0.258 e. The molecule has 76 valence electrons. The molecule has 0 radical (unpaired) electrons. The minimum Gasteiger partial charge on any atom is -0.498 e. The van der Waals surface area contributed by atoms with Gasteiger partial charge in [-0.2, -0.15) is 9.92 Å². The lowest BCUT2D eigenvalue weighted by molar-refractivity contribution is -0.759. The predicted octanol–water partition coefficient (Wildman–Crippen LogP) is 0.771. The van der Waals surface area contributed by atoms with Crippen LogP contribution < -0.4 is 9.80 Å². The molecule has 1 aliphatic heterocycles. The minimum absolute atomic E-state index is 0.130. The van der Waals surface area contributed by atoms with Crippen LogP contribution in [0.1, 0.15) is 19.3 Å². The maximum atomic E-state index is 9.83. The Hall–Kier alpha value is -1.66. The smallest absolute Gasteiger partial charge is 0.258 e. The number of hydrogen-bond donors (Lipinski definition) is 0. The Labute approximate surface area is 80.6 Å². The van der Waals surface area contributed by atoms with Crippen molar-refractivity contribution in [2.45, 2.75) is 19.3 Å². The Morgan fingerprint density at radius 1 is 1.50 bits per heavy atom. The Bertz CT molecular complexity index is 307. The van der Waals surface area contributed by atoms with Crippen LogP contribution in [0.15, 0.2) is 16.0 Å². The van der Waals surface area contributed by atoms with Crippen LogP contribution in [0.2, 0.25) is 0 Å². The van der Waals surface area contributed by atoms with Crippen LogP contribution >= 0.6 is 0 Å². The molecule has 1 aromatic heterocycles. The SMILES string of the molecule is O=N[N-]c1c[n+](N2CCCCC2)no1. The molecule has 0 N–H and O–H groups in total. The predicted molar refractivity (Wildman–Crippen MR) is 47.3 cm³/mol. The minimum atomic E-state index is 0.130. The maximum absolute atomic E-state index is 9.83. The fraction of sp³-hybridized carbons (Fsp3) is 0.714. The molecule has 7 heteroatoms. The van der Waals surface area contributed by atoms with E-state index in [-0.39, 0.29) is 5.88 Å². The Morgan fingerprint density at radius 3 is 3.00 bits per heavy atom. The fourth-order valence-corrected chi connectivity index (χ4v) is 1.53. The summed E-state index contributed by atoms with van der Waals surface area (Å²) in [6, 6.07) is 0. The van der Waals surface area contributed by atoms with E-state index in [9.17, 15) is 4.91 Å². The number of piperidine rings is 1. The number of hydrogen-bond acceptors (Lipinski definition) is 5. The number of aromatic nitrogens is 2. The lowest BCUT2D eigenvalue weighted by atomic mass is 10.2. The summed E-state index contributed by atoms with van der Waals surface area (Å²) in [6.07, 6.45) is 5.10. The van der Waals surface area contributed by atoms with Gasteiger partial charge < -0.3 is 9.95 Å². The quantitative estimate of drug-likeness (QED) is 0.407. The van der Waals surface area contributed by atoms with Crippen molar-refractivity contribution in [3.63, 3.8) is 0 Å². The molecule has 0 spiro atoms. The summed E-state index contributed by atoms with van der Waals surface area (Å²) >= 11 is 0. The molecule has 0 amide bonds. The summed E-state index contributed by atoms with van der Waals surface area (Å²) in [5, 5.41) is 8.15. The summed E-state index contributed by atoms with van der Waals surface area (Å²) in [5.41, 5.74) is 3.21. The molecule has 2 rings (SSSR count). The highest BCUT2D eigenvalue weighted by Crippen LogP contribution is 2.13. The van der Waals surface area contributed by atoms with Gasteiger partial charge in [-0.15, -0.1) is 5.29 Å². The van der Waals surface area contributed by atoms with Gasteiger partial charge in [-0.05, 0) is 19.3 Å². The van der Waals surface area contributed by atoms with Crippen molar-refractivity contribution in [3.05, 3.63) is 16.5 Å².